The van der Waals surface area contributed by atoms with Gasteiger partial charge < -0.3 is 48.5 Å². The van der Waals surface area contributed by atoms with Crippen molar-refractivity contribution in [3.63, 3.8) is 0 Å². The molecule has 12 heteroatoms. The summed E-state index contributed by atoms with van der Waals surface area (Å²) in [6.07, 6.45) is -4.64. The van der Waals surface area contributed by atoms with Crippen molar-refractivity contribution in [3.05, 3.63) is 0 Å². The quantitative estimate of drug-likeness (QED) is 0.304. The van der Waals surface area contributed by atoms with Gasteiger partial charge in [0.1, 0.15) is 17.8 Å². The first-order valence-electron chi connectivity index (χ1n) is 19.4. The van der Waals surface area contributed by atoms with E-state index < -0.39 is 89.7 Å². The van der Waals surface area contributed by atoms with E-state index in [0.29, 0.717) is 25.7 Å². The van der Waals surface area contributed by atoms with Crippen LogP contribution >= 0.6 is 0 Å². The van der Waals surface area contributed by atoms with Crippen molar-refractivity contribution < 1.29 is 53.3 Å². The molecule has 3 N–H and O–H groups in total. The van der Waals surface area contributed by atoms with E-state index in [-0.39, 0.29) is 36.6 Å². The van der Waals surface area contributed by atoms with Gasteiger partial charge in [0, 0.05) is 43.9 Å². The Morgan fingerprint density at radius 3 is 2.18 bits per heavy atom. The molecule has 4 aliphatic heterocycles. The second kappa shape index (κ2) is 16.4. The summed E-state index contributed by atoms with van der Waals surface area (Å²) in [5.74, 6) is -2.49. The Hall–Kier alpha value is -0.930. The predicted molar refractivity (Wildman–Crippen MR) is 192 cm³/mol. The summed E-state index contributed by atoms with van der Waals surface area (Å²) in [4.78, 5) is 16.3. The van der Waals surface area contributed by atoms with E-state index in [1.807, 2.05) is 55.5 Å². The fraction of sp³-hybridized carbons (Fsp3) is 0.974. The van der Waals surface area contributed by atoms with Gasteiger partial charge in [-0.1, -0.05) is 27.7 Å². The van der Waals surface area contributed by atoms with Gasteiger partial charge in [-0.2, -0.15) is 0 Å². The monoisotopic (exact) mass is 730 g/mol. The topological polar surface area (TPSA) is 146 Å². The number of rotatable bonds is 8. The Bertz CT molecular complexity index is 1160. The van der Waals surface area contributed by atoms with Gasteiger partial charge in [-0.05, 0) is 87.6 Å². The van der Waals surface area contributed by atoms with Crippen LogP contribution < -0.4 is 0 Å². The van der Waals surface area contributed by atoms with Crippen LogP contribution in [0.15, 0.2) is 0 Å². The molecule has 0 amide bonds. The third-order valence-electron chi connectivity index (χ3n) is 12.8. The zero-order valence-electron chi connectivity index (χ0n) is 33.8. The van der Waals surface area contributed by atoms with Gasteiger partial charge in [0.15, 0.2) is 12.6 Å². The lowest BCUT2D eigenvalue weighted by atomic mass is 9.76. The minimum atomic E-state index is -1.76. The zero-order valence-corrected chi connectivity index (χ0v) is 33.8. The van der Waals surface area contributed by atoms with Gasteiger partial charge in [-0.25, -0.2) is 0 Å². The Morgan fingerprint density at radius 2 is 1.59 bits per heavy atom. The standard InChI is InChI=1S/C39H71NO11/c1-15-28-39(12,44)33(42)24(7)31-21(4)17-38(11,51-31)34(50-36-30(41)27(16-22(5)47-36)40(13)20(2)3)25(8)32(26(9)35(43)48-28)49-29-19-37(10,45-14)18-23(6)46-29/h20-34,36,41-42,44H,15-19H2,1-14H3/t21-,22-,23+,24+,25+,26-,27+,28-,29+,30-,31-,32+,33-,34-,36+,37+,38-,39-/m1/s1. The number of hydrogen-bond acceptors (Lipinski definition) is 12. The predicted octanol–water partition coefficient (Wildman–Crippen LogP) is 4.43. The number of likely N-dealkylation sites (N-methyl/N-ethyl adjacent to an activating group) is 1. The highest BCUT2D eigenvalue weighted by Gasteiger charge is 2.57. The van der Waals surface area contributed by atoms with Crippen LogP contribution in [0.25, 0.3) is 0 Å². The number of esters is 1. The molecule has 12 nitrogen and oxygen atoms in total. The Morgan fingerprint density at radius 1 is 0.941 bits per heavy atom. The minimum Gasteiger partial charge on any atom is -0.459 e. The van der Waals surface area contributed by atoms with Crippen molar-refractivity contribution in [3.8, 4) is 0 Å². The maximum Gasteiger partial charge on any atom is 0.311 e. The molecule has 4 aliphatic rings. The average molecular weight is 730 g/mol. The first kappa shape index (κ1) is 42.8. The molecule has 0 unspecified atom stereocenters. The molecule has 0 aromatic carbocycles. The highest BCUT2D eigenvalue weighted by molar-refractivity contribution is 5.73. The number of hydrogen-bond donors (Lipinski definition) is 3. The number of carbonyl (C=O) groups excluding carboxylic acids is 1. The Labute approximate surface area is 307 Å². The fourth-order valence-corrected chi connectivity index (χ4v) is 9.53. The number of methoxy groups -OCH3 is 1. The fourth-order valence-electron chi connectivity index (χ4n) is 9.53. The smallest absolute Gasteiger partial charge is 0.311 e. The van der Waals surface area contributed by atoms with E-state index in [9.17, 15) is 20.1 Å². The molecule has 0 saturated carbocycles. The van der Waals surface area contributed by atoms with E-state index in [1.165, 1.54) is 6.92 Å². The second-order valence-electron chi connectivity index (χ2n) is 17.6. The number of ether oxygens (including phenoxy) is 7. The molecule has 0 aromatic heterocycles. The molecule has 51 heavy (non-hydrogen) atoms. The summed E-state index contributed by atoms with van der Waals surface area (Å²) in [5, 5.41) is 35.3. The SMILES string of the molecule is CC[C@H]1OC(=O)[C@H](C)[C@@H](O[C@H]2C[C@@](C)(OC)C[C@H](C)O2)[C@H](C)[C@@H](O[C@@H]2O[C@H](C)C[C@H](N(C)C(C)C)[C@H]2O)[C@@]2(C)C[C@@H](C)[C@@H](O2)[C@H](C)[C@@H](O)[C@]1(C)O. The summed E-state index contributed by atoms with van der Waals surface area (Å²) in [7, 11) is 3.69. The van der Waals surface area contributed by atoms with Gasteiger partial charge >= 0.3 is 5.97 Å². The average Bonchev–Trinajstić information content (AvgIpc) is 3.37. The van der Waals surface area contributed by atoms with Crippen LogP contribution in [0.3, 0.4) is 0 Å². The molecule has 0 aliphatic carbocycles. The van der Waals surface area contributed by atoms with Crippen LogP contribution in [0, 0.1) is 23.7 Å². The van der Waals surface area contributed by atoms with E-state index in [4.69, 9.17) is 33.2 Å². The third-order valence-corrected chi connectivity index (χ3v) is 12.8. The van der Waals surface area contributed by atoms with Crippen LogP contribution in [0.1, 0.15) is 115 Å². The van der Waals surface area contributed by atoms with E-state index in [1.54, 1.807) is 14.0 Å². The van der Waals surface area contributed by atoms with E-state index in [2.05, 4.69) is 25.7 Å². The van der Waals surface area contributed by atoms with Crippen molar-refractivity contribution >= 4 is 5.97 Å². The number of aliphatic hydroxyl groups excluding tert-OH is 2. The first-order valence-corrected chi connectivity index (χ1v) is 19.4. The first-order chi connectivity index (χ1) is 23.6. The summed E-state index contributed by atoms with van der Waals surface area (Å²) in [6.45, 7) is 23.2. The number of carbonyl (C=O) groups is 1. The Balaban J connectivity index is 1.83. The molecule has 2 bridgehead atoms. The number of cyclic esters (lactones) is 1. The summed E-state index contributed by atoms with van der Waals surface area (Å²) in [5.41, 5.74) is -3.21. The van der Waals surface area contributed by atoms with E-state index >= 15 is 0 Å². The molecular weight excluding hydrogens is 658 g/mol. The molecule has 4 heterocycles. The van der Waals surface area contributed by atoms with Crippen molar-refractivity contribution in [2.75, 3.05) is 14.2 Å². The van der Waals surface area contributed by atoms with Gasteiger partial charge in [-0.15, -0.1) is 0 Å². The Kier molecular flexibility index (Phi) is 13.8. The van der Waals surface area contributed by atoms with Crippen molar-refractivity contribution in [1.29, 1.82) is 0 Å². The highest BCUT2D eigenvalue weighted by Crippen LogP contribution is 2.48. The highest BCUT2D eigenvalue weighted by atomic mass is 16.7. The zero-order chi connectivity index (χ0) is 38.4. The maximum absolute atomic E-state index is 14.2. The summed E-state index contributed by atoms with van der Waals surface area (Å²) >= 11 is 0. The third kappa shape index (κ3) is 8.97. The summed E-state index contributed by atoms with van der Waals surface area (Å²) < 4.78 is 45.5. The summed E-state index contributed by atoms with van der Waals surface area (Å²) in [6, 6.07) is -0.0181. The molecule has 4 fully saturated rings. The van der Waals surface area contributed by atoms with Crippen LogP contribution in [0.5, 0.6) is 0 Å². The largest absolute Gasteiger partial charge is 0.459 e. The molecule has 298 valence electrons. The normalized spacial score (nSPS) is 50.4. The maximum atomic E-state index is 14.2. The van der Waals surface area contributed by atoms with Gasteiger partial charge in [0.25, 0.3) is 0 Å². The van der Waals surface area contributed by atoms with Gasteiger partial charge in [0.05, 0.1) is 53.7 Å². The van der Waals surface area contributed by atoms with Crippen LogP contribution in [-0.2, 0) is 38.0 Å². The molecule has 0 radical (unpaired) electrons. The minimum absolute atomic E-state index is 0.0306. The van der Waals surface area contributed by atoms with Gasteiger partial charge in [-0.3, -0.25) is 9.69 Å². The van der Waals surface area contributed by atoms with Crippen molar-refractivity contribution in [2.24, 2.45) is 23.7 Å². The van der Waals surface area contributed by atoms with E-state index in [0.717, 1.165) is 0 Å². The number of fused-ring (bicyclic) bond motifs is 2. The molecule has 4 rings (SSSR count). The van der Waals surface area contributed by atoms with Crippen LogP contribution in [0.2, 0.25) is 0 Å². The van der Waals surface area contributed by atoms with Crippen molar-refractivity contribution in [2.45, 2.75) is 205 Å². The molecule has 18 atom stereocenters. The van der Waals surface area contributed by atoms with Gasteiger partial charge in [0.2, 0.25) is 0 Å². The van der Waals surface area contributed by atoms with Crippen LogP contribution in [0.4, 0.5) is 0 Å². The molecule has 4 saturated heterocycles. The van der Waals surface area contributed by atoms with Crippen LogP contribution in [-0.4, -0.2) is 131 Å². The van der Waals surface area contributed by atoms with Crippen molar-refractivity contribution in [1.82, 2.24) is 4.90 Å². The lowest BCUT2D eigenvalue weighted by Gasteiger charge is -2.48. The molecule has 0 aromatic rings. The molecular formula is C39H71NO11. The number of nitrogens with zero attached hydrogens (tertiary/aromatic N) is 1. The lowest BCUT2D eigenvalue weighted by Crippen LogP contribution is -2.60. The molecule has 0 spiro atoms. The lowest BCUT2D eigenvalue weighted by molar-refractivity contribution is -0.312. The number of aliphatic hydroxyl groups is 3. The second-order valence-corrected chi connectivity index (χ2v) is 17.6.